The standard InChI is InChI=1S/C16H30O3/c1-4-5-6-7-8-9-10-11-12-15(13-17)19-16(18)14(2)3/h15,17H,2,4-13H2,1,3H3. The van der Waals surface area contributed by atoms with Crippen LogP contribution in [0.15, 0.2) is 12.2 Å². The van der Waals surface area contributed by atoms with Gasteiger partial charge < -0.3 is 9.84 Å². The van der Waals surface area contributed by atoms with E-state index >= 15 is 0 Å². The van der Waals surface area contributed by atoms with E-state index in [4.69, 9.17) is 9.84 Å². The second-order valence-corrected chi connectivity index (χ2v) is 5.25. The summed E-state index contributed by atoms with van der Waals surface area (Å²) in [5, 5.41) is 9.15. The Balaban J connectivity index is 3.51. The van der Waals surface area contributed by atoms with Gasteiger partial charge in [-0.1, -0.05) is 58.4 Å². The SMILES string of the molecule is C=C(C)C(=O)OC(CO)CCCCCCCCCC. The molecule has 0 fully saturated rings. The molecular formula is C16H30O3. The van der Waals surface area contributed by atoms with Crippen molar-refractivity contribution in [3.63, 3.8) is 0 Å². The molecule has 112 valence electrons. The number of carbonyl (C=O) groups excluding carboxylic acids is 1. The van der Waals surface area contributed by atoms with Crippen LogP contribution in [0.2, 0.25) is 0 Å². The van der Waals surface area contributed by atoms with Gasteiger partial charge in [-0.15, -0.1) is 0 Å². The van der Waals surface area contributed by atoms with Crippen LogP contribution in [0.5, 0.6) is 0 Å². The van der Waals surface area contributed by atoms with Crippen molar-refractivity contribution in [2.45, 2.75) is 77.7 Å². The molecule has 0 amide bonds. The molecule has 0 aliphatic carbocycles. The Labute approximate surface area is 118 Å². The maximum atomic E-state index is 11.3. The third-order valence-electron chi connectivity index (χ3n) is 3.21. The summed E-state index contributed by atoms with van der Waals surface area (Å²) < 4.78 is 5.13. The van der Waals surface area contributed by atoms with Crippen molar-refractivity contribution in [1.82, 2.24) is 0 Å². The molecule has 0 radical (unpaired) electrons. The van der Waals surface area contributed by atoms with Crippen molar-refractivity contribution in [3.8, 4) is 0 Å². The van der Waals surface area contributed by atoms with Crippen LogP contribution in [-0.4, -0.2) is 23.8 Å². The quantitative estimate of drug-likeness (QED) is 0.331. The van der Waals surface area contributed by atoms with E-state index in [2.05, 4.69) is 13.5 Å². The molecule has 0 saturated carbocycles. The molecule has 3 heteroatoms. The Kier molecular flexibility index (Phi) is 11.7. The molecule has 0 bridgehead atoms. The van der Waals surface area contributed by atoms with Crippen LogP contribution >= 0.6 is 0 Å². The number of aliphatic hydroxyl groups is 1. The highest BCUT2D eigenvalue weighted by molar-refractivity contribution is 5.87. The topological polar surface area (TPSA) is 46.5 Å². The maximum Gasteiger partial charge on any atom is 0.333 e. The van der Waals surface area contributed by atoms with Gasteiger partial charge in [0.15, 0.2) is 0 Å². The van der Waals surface area contributed by atoms with Crippen molar-refractivity contribution < 1.29 is 14.6 Å². The van der Waals surface area contributed by atoms with E-state index in [0.717, 1.165) is 19.3 Å². The first-order chi connectivity index (χ1) is 9.11. The van der Waals surface area contributed by atoms with Crippen LogP contribution in [-0.2, 0) is 9.53 Å². The summed E-state index contributed by atoms with van der Waals surface area (Å²) in [7, 11) is 0. The van der Waals surface area contributed by atoms with Gasteiger partial charge in [0.05, 0.1) is 6.61 Å². The van der Waals surface area contributed by atoms with E-state index in [-0.39, 0.29) is 12.7 Å². The molecule has 0 aliphatic rings. The molecule has 0 spiro atoms. The molecule has 0 aromatic heterocycles. The summed E-state index contributed by atoms with van der Waals surface area (Å²) in [6, 6.07) is 0. The zero-order valence-corrected chi connectivity index (χ0v) is 12.6. The number of hydrogen-bond donors (Lipinski definition) is 1. The van der Waals surface area contributed by atoms with Crippen LogP contribution in [0.4, 0.5) is 0 Å². The smallest absolute Gasteiger partial charge is 0.333 e. The van der Waals surface area contributed by atoms with Gasteiger partial charge in [0.1, 0.15) is 6.10 Å². The average molecular weight is 270 g/mol. The Morgan fingerprint density at radius 1 is 1.11 bits per heavy atom. The molecule has 0 rings (SSSR count). The van der Waals surface area contributed by atoms with Crippen molar-refractivity contribution >= 4 is 5.97 Å². The Morgan fingerprint density at radius 3 is 2.11 bits per heavy atom. The minimum atomic E-state index is -0.404. The first-order valence-electron chi connectivity index (χ1n) is 7.59. The number of rotatable bonds is 12. The summed E-state index contributed by atoms with van der Waals surface area (Å²) in [5.74, 6) is -0.404. The lowest BCUT2D eigenvalue weighted by molar-refractivity contribution is -0.146. The number of aliphatic hydroxyl groups excluding tert-OH is 1. The Bertz CT molecular complexity index is 248. The van der Waals surface area contributed by atoms with Gasteiger partial charge >= 0.3 is 5.97 Å². The number of ether oxygens (including phenoxy) is 1. The van der Waals surface area contributed by atoms with Crippen LogP contribution in [0, 0.1) is 0 Å². The summed E-state index contributed by atoms with van der Waals surface area (Å²) in [6.07, 6.45) is 10.3. The highest BCUT2D eigenvalue weighted by atomic mass is 16.6. The van der Waals surface area contributed by atoms with Crippen molar-refractivity contribution in [3.05, 3.63) is 12.2 Å². The maximum absolute atomic E-state index is 11.3. The molecule has 19 heavy (non-hydrogen) atoms. The van der Waals surface area contributed by atoms with E-state index in [1.807, 2.05) is 0 Å². The van der Waals surface area contributed by atoms with Crippen LogP contribution in [0.1, 0.15) is 71.6 Å². The fourth-order valence-corrected chi connectivity index (χ4v) is 1.95. The average Bonchev–Trinajstić information content (AvgIpc) is 2.39. The highest BCUT2D eigenvalue weighted by Gasteiger charge is 2.13. The molecule has 0 aromatic rings. The van der Waals surface area contributed by atoms with E-state index in [0.29, 0.717) is 5.57 Å². The molecule has 1 atom stereocenters. The van der Waals surface area contributed by atoms with E-state index in [9.17, 15) is 4.79 Å². The minimum Gasteiger partial charge on any atom is -0.457 e. The fraction of sp³-hybridized carbons (Fsp3) is 0.812. The molecular weight excluding hydrogens is 240 g/mol. The van der Waals surface area contributed by atoms with Gasteiger partial charge in [0.25, 0.3) is 0 Å². The van der Waals surface area contributed by atoms with E-state index in [1.54, 1.807) is 6.92 Å². The molecule has 0 aromatic carbocycles. The predicted octanol–water partition coefficient (Wildman–Crippen LogP) is 4.00. The van der Waals surface area contributed by atoms with Gasteiger partial charge in [-0.05, 0) is 19.8 Å². The van der Waals surface area contributed by atoms with Gasteiger partial charge in [-0.25, -0.2) is 4.79 Å². The van der Waals surface area contributed by atoms with Crippen molar-refractivity contribution in [1.29, 1.82) is 0 Å². The zero-order valence-electron chi connectivity index (χ0n) is 12.6. The van der Waals surface area contributed by atoms with Crippen LogP contribution in [0.25, 0.3) is 0 Å². The first kappa shape index (κ1) is 18.2. The summed E-state index contributed by atoms with van der Waals surface area (Å²) in [4.78, 5) is 11.3. The van der Waals surface area contributed by atoms with Crippen molar-refractivity contribution in [2.75, 3.05) is 6.61 Å². The van der Waals surface area contributed by atoms with Gasteiger partial charge in [0.2, 0.25) is 0 Å². The van der Waals surface area contributed by atoms with Gasteiger partial charge in [-0.3, -0.25) is 0 Å². The Morgan fingerprint density at radius 2 is 1.63 bits per heavy atom. The molecule has 1 N–H and O–H groups in total. The number of hydrogen-bond acceptors (Lipinski definition) is 3. The fourth-order valence-electron chi connectivity index (χ4n) is 1.95. The number of esters is 1. The second kappa shape index (κ2) is 12.2. The summed E-state index contributed by atoms with van der Waals surface area (Å²) in [6.45, 7) is 7.27. The lowest BCUT2D eigenvalue weighted by Crippen LogP contribution is -2.22. The molecule has 0 saturated heterocycles. The predicted molar refractivity (Wildman–Crippen MR) is 79.0 cm³/mol. The number of carbonyl (C=O) groups is 1. The third kappa shape index (κ3) is 10.8. The van der Waals surface area contributed by atoms with E-state index in [1.165, 1.54) is 38.5 Å². The molecule has 1 unspecified atom stereocenters. The van der Waals surface area contributed by atoms with Crippen molar-refractivity contribution in [2.24, 2.45) is 0 Å². The molecule has 3 nitrogen and oxygen atoms in total. The second-order valence-electron chi connectivity index (χ2n) is 5.25. The van der Waals surface area contributed by atoms with Crippen LogP contribution in [0.3, 0.4) is 0 Å². The lowest BCUT2D eigenvalue weighted by Gasteiger charge is -2.15. The monoisotopic (exact) mass is 270 g/mol. The number of unbranched alkanes of at least 4 members (excludes halogenated alkanes) is 7. The third-order valence-corrected chi connectivity index (χ3v) is 3.21. The summed E-state index contributed by atoms with van der Waals surface area (Å²) in [5.41, 5.74) is 0.384. The van der Waals surface area contributed by atoms with Gasteiger partial charge in [-0.2, -0.15) is 0 Å². The van der Waals surface area contributed by atoms with E-state index < -0.39 is 5.97 Å². The largest absolute Gasteiger partial charge is 0.457 e. The zero-order chi connectivity index (χ0) is 14.5. The normalized spacial score (nSPS) is 12.2. The molecule has 0 heterocycles. The summed E-state index contributed by atoms with van der Waals surface area (Å²) >= 11 is 0. The minimum absolute atomic E-state index is 0.102. The lowest BCUT2D eigenvalue weighted by atomic mass is 10.1. The first-order valence-corrected chi connectivity index (χ1v) is 7.59. The van der Waals surface area contributed by atoms with Gasteiger partial charge in [0, 0.05) is 5.57 Å². The highest BCUT2D eigenvalue weighted by Crippen LogP contribution is 2.12. The van der Waals surface area contributed by atoms with Crippen LogP contribution < -0.4 is 0 Å². The molecule has 0 aliphatic heterocycles. The Hall–Kier alpha value is -0.830.